The Bertz CT molecular complexity index is 1080. The Morgan fingerprint density at radius 1 is 1.00 bits per heavy atom. The number of nitrogens with zero attached hydrogens (tertiary/aromatic N) is 1. The summed E-state index contributed by atoms with van der Waals surface area (Å²) in [6.45, 7) is 8.82. The topological polar surface area (TPSA) is 95.6 Å². The molecule has 32 heavy (non-hydrogen) atoms. The van der Waals surface area contributed by atoms with Crippen molar-refractivity contribution in [2.24, 2.45) is 5.92 Å². The highest BCUT2D eigenvalue weighted by Crippen LogP contribution is 2.24. The zero-order valence-electron chi connectivity index (χ0n) is 19.1. The van der Waals surface area contributed by atoms with Gasteiger partial charge in [-0.25, -0.2) is 8.42 Å². The fourth-order valence-corrected chi connectivity index (χ4v) is 5.45. The summed E-state index contributed by atoms with van der Waals surface area (Å²) in [5.74, 6) is -0.233. The van der Waals surface area contributed by atoms with E-state index in [1.54, 1.807) is 0 Å². The predicted molar refractivity (Wildman–Crippen MR) is 125 cm³/mol. The molecule has 0 radical (unpaired) electrons. The van der Waals surface area contributed by atoms with Crippen LogP contribution in [-0.4, -0.2) is 44.2 Å². The van der Waals surface area contributed by atoms with Crippen LogP contribution in [0.5, 0.6) is 0 Å². The molecule has 1 aliphatic rings. The molecule has 2 N–H and O–H groups in total. The third kappa shape index (κ3) is 5.55. The number of amides is 2. The number of nitrogens with one attached hydrogen (secondary N) is 2. The lowest BCUT2D eigenvalue weighted by Gasteiger charge is -2.29. The predicted octanol–water partition coefficient (Wildman–Crippen LogP) is 3.40. The lowest BCUT2D eigenvalue weighted by atomic mass is 10.0. The first-order valence-corrected chi connectivity index (χ1v) is 12.3. The fraction of sp³-hybridized carbons (Fsp3) is 0.417. The third-order valence-corrected chi connectivity index (χ3v) is 7.76. The highest BCUT2D eigenvalue weighted by atomic mass is 32.2. The van der Waals surface area contributed by atoms with Crippen molar-refractivity contribution in [3.63, 3.8) is 0 Å². The van der Waals surface area contributed by atoms with Crippen LogP contribution in [0, 0.1) is 26.7 Å². The van der Waals surface area contributed by atoms with Crippen molar-refractivity contribution in [2.45, 2.75) is 45.4 Å². The molecule has 1 heterocycles. The van der Waals surface area contributed by atoms with Crippen molar-refractivity contribution in [1.29, 1.82) is 0 Å². The Morgan fingerprint density at radius 3 is 2.12 bits per heavy atom. The molecule has 0 aromatic heterocycles. The second-order valence-electron chi connectivity index (χ2n) is 8.62. The molecule has 2 aromatic rings. The maximum Gasteiger partial charge on any atom is 0.251 e. The summed E-state index contributed by atoms with van der Waals surface area (Å²) in [7, 11) is -3.56. The molecule has 2 amide bonds. The van der Waals surface area contributed by atoms with Crippen LogP contribution in [0.15, 0.2) is 41.3 Å². The van der Waals surface area contributed by atoms with Crippen LogP contribution in [0.3, 0.4) is 0 Å². The van der Waals surface area contributed by atoms with E-state index in [4.69, 9.17) is 0 Å². The van der Waals surface area contributed by atoms with Gasteiger partial charge in [-0.1, -0.05) is 24.6 Å². The Labute approximate surface area is 190 Å². The van der Waals surface area contributed by atoms with E-state index < -0.39 is 15.9 Å². The maximum absolute atomic E-state index is 12.8. The molecular formula is C24H31N3O4S. The van der Waals surface area contributed by atoms with Gasteiger partial charge in [-0.2, -0.15) is 4.31 Å². The summed E-state index contributed by atoms with van der Waals surface area (Å²) in [5, 5.41) is 5.43. The van der Waals surface area contributed by atoms with Gasteiger partial charge in [-0.15, -0.1) is 0 Å². The molecule has 7 nitrogen and oxygen atoms in total. The van der Waals surface area contributed by atoms with Gasteiger partial charge in [0.25, 0.3) is 5.91 Å². The monoisotopic (exact) mass is 457 g/mol. The Morgan fingerprint density at radius 2 is 1.56 bits per heavy atom. The smallest absolute Gasteiger partial charge is 0.251 e. The van der Waals surface area contributed by atoms with E-state index in [-0.39, 0.29) is 17.3 Å². The zero-order valence-corrected chi connectivity index (χ0v) is 19.9. The highest BCUT2D eigenvalue weighted by Gasteiger charge is 2.28. The van der Waals surface area contributed by atoms with E-state index in [1.165, 1.54) is 28.6 Å². The van der Waals surface area contributed by atoms with E-state index >= 15 is 0 Å². The molecule has 8 heteroatoms. The minimum atomic E-state index is -3.56. The van der Waals surface area contributed by atoms with Gasteiger partial charge in [0.2, 0.25) is 15.9 Å². The maximum atomic E-state index is 12.8. The van der Waals surface area contributed by atoms with Crippen molar-refractivity contribution in [2.75, 3.05) is 25.0 Å². The molecular weight excluding hydrogens is 426 g/mol. The summed E-state index contributed by atoms with van der Waals surface area (Å²) >= 11 is 0. The first-order valence-electron chi connectivity index (χ1n) is 10.8. The highest BCUT2D eigenvalue weighted by molar-refractivity contribution is 7.89. The van der Waals surface area contributed by atoms with Gasteiger partial charge >= 0.3 is 0 Å². The first-order chi connectivity index (χ1) is 15.1. The SMILES string of the molecule is Cc1cc(C)c(NC(=O)CNC(=O)c2ccc(S(=O)(=O)N3CCC(C)CC3)cc2)c(C)c1. The van der Waals surface area contributed by atoms with Crippen molar-refractivity contribution in [3.8, 4) is 0 Å². The Hall–Kier alpha value is -2.71. The van der Waals surface area contributed by atoms with Crippen LogP contribution in [0.4, 0.5) is 5.69 Å². The van der Waals surface area contributed by atoms with Crippen molar-refractivity contribution in [1.82, 2.24) is 9.62 Å². The van der Waals surface area contributed by atoms with Gasteiger partial charge in [0.15, 0.2) is 0 Å². The molecule has 0 unspecified atom stereocenters. The summed E-state index contributed by atoms with van der Waals surface area (Å²) in [5.41, 5.74) is 4.08. The van der Waals surface area contributed by atoms with Crippen LogP contribution in [-0.2, 0) is 14.8 Å². The summed E-state index contributed by atoms with van der Waals surface area (Å²) in [4.78, 5) is 24.9. The normalized spacial score (nSPS) is 15.4. The van der Waals surface area contributed by atoms with Gasteiger partial charge in [0.05, 0.1) is 11.4 Å². The van der Waals surface area contributed by atoms with Gasteiger partial charge < -0.3 is 10.6 Å². The summed E-state index contributed by atoms with van der Waals surface area (Å²) < 4.78 is 27.1. The van der Waals surface area contributed by atoms with Crippen LogP contribution in [0.2, 0.25) is 0 Å². The number of carbonyl (C=O) groups excluding carboxylic acids is 2. The number of hydrogen-bond acceptors (Lipinski definition) is 4. The van der Waals surface area contributed by atoms with Crippen LogP contribution >= 0.6 is 0 Å². The van der Waals surface area contributed by atoms with Crippen LogP contribution in [0.25, 0.3) is 0 Å². The lowest BCUT2D eigenvalue weighted by molar-refractivity contribution is -0.115. The minimum Gasteiger partial charge on any atom is -0.343 e. The van der Waals surface area contributed by atoms with Crippen LogP contribution < -0.4 is 10.6 Å². The average molecular weight is 458 g/mol. The fourth-order valence-electron chi connectivity index (χ4n) is 3.98. The zero-order chi connectivity index (χ0) is 23.5. The first kappa shape index (κ1) is 23.9. The lowest BCUT2D eigenvalue weighted by Crippen LogP contribution is -2.37. The molecule has 1 aliphatic heterocycles. The summed E-state index contributed by atoms with van der Waals surface area (Å²) in [6, 6.07) is 9.81. The van der Waals surface area contributed by atoms with Gasteiger partial charge in [0.1, 0.15) is 0 Å². The van der Waals surface area contributed by atoms with Gasteiger partial charge in [-0.05, 0) is 74.9 Å². The number of hydrogen-bond donors (Lipinski definition) is 2. The number of sulfonamides is 1. The number of benzene rings is 2. The number of anilines is 1. The van der Waals surface area contributed by atoms with E-state index in [0.717, 1.165) is 35.2 Å². The molecule has 0 aliphatic carbocycles. The van der Waals surface area contributed by atoms with E-state index in [0.29, 0.717) is 24.6 Å². The molecule has 0 atom stereocenters. The number of aryl methyl sites for hydroxylation is 3. The summed E-state index contributed by atoms with van der Waals surface area (Å²) in [6.07, 6.45) is 1.70. The molecule has 0 bridgehead atoms. The molecule has 0 spiro atoms. The quantitative estimate of drug-likeness (QED) is 0.695. The second-order valence-corrected chi connectivity index (χ2v) is 10.6. The van der Waals surface area contributed by atoms with E-state index in [2.05, 4.69) is 17.6 Å². The largest absolute Gasteiger partial charge is 0.343 e. The number of rotatable bonds is 6. The van der Waals surface area contributed by atoms with Crippen molar-refractivity contribution in [3.05, 3.63) is 58.7 Å². The van der Waals surface area contributed by atoms with Gasteiger partial charge in [-0.3, -0.25) is 9.59 Å². The molecule has 0 saturated carbocycles. The molecule has 172 valence electrons. The minimum absolute atomic E-state index is 0.173. The second kappa shape index (κ2) is 9.83. The Balaban J connectivity index is 1.58. The number of carbonyl (C=O) groups is 2. The Kier molecular flexibility index (Phi) is 7.36. The van der Waals surface area contributed by atoms with Crippen molar-refractivity contribution >= 4 is 27.5 Å². The van der Waals surface area contributed by atoms with E-state index in [9.17, 15) is 18.0 Å². The van der Waals surface area contributed by atoms with Crippen molar-refractivity contribution < 1.29 is 18.0 Å². The average Bonchev–Trinajstić information content (AvgIpc) is 2.75. The molecule has 1 saturated heterocycles. The molecule has 3 rings (SSSR count). The number of piperidine rings is 1. The standard InChI is InChI=1S/C24H31N3O4S/c1-16-9-11-27(12-10-16)32(30,31)21-7-5-20(6-8-21)24(29)25-15-22(28)26-23-18(3)13-17(2)14-19(23)4/h5-8,13-14,16H,9-12,15H2,1-4H3,(H,25,29)(H,26,28). The third-order valence-electron chi connectivity index (χ3n) is 5.85. The molecule has 1 fully saturated rings. The molecule has 2 aromatic carbocycles. The van der Waals surface area contributed by atoms with Crippen LogP contribution in [0.1, 0.15) is 46.8 Å². The van der Waals surface area contributed by atoms with E-state index in [1.807, 2.05) is 32.9 Å². The van der Waals surface area contributed by atoms with Gasteiger partial charge in [0, 0.05) is 24.3 Å².